The molecule has 1 fully saturated rings. The first-order chi connectivity index (χ1) is 6.08. The Morgan fingerprint density at radius 2 is 2.23 bits per heavy atom. The first-order valence-corrected chi connectivity index (χ1v) is 4.40. The van der Waals surface area contributed by atoms with E-state index < -0.39 is 11.9 Å². The summed E-state index contributed by atoms with van der Waals surface area (Å²) in [7, 11) is 0. The number of rotatable bonds is 0. The quantitative estimate of drug-likeness (QED) is 0.595. The summed E-state index contributed by atoms with van der Waals surface area (Å²) in [4.78, 5) is 0. The van der Waals surface area contributed by atoms with Crippen molar-refractivity contribution in [2.24, 2.45) is 0 Å². The van der Waals surface area contributed by atoms with Crippen LogP contribution < -0.4 is 0 Å². The molecular formula is C9H14O4. The molecular weight excluding hydrogens is 172 g/mol. The average molecular weight is 186 g/mol. The summed E-state index contributed by atoms with van der Waals surface area (Å²) >= 11 is 0. The zero-order valence-electron chi connectivity index (χ0n) is 7.77. The zero-order valence-corrected chi connectivity index (χ0v) is 7.77. The minimum atomic E-state index is -0.628. The van der Waals surface area contributed by atoms with Crippen LogP contribution in [0.4, 0.5) is 0 Å². The molecule has 0 aromatic carbocycles. The smallest absolute Gasteiger partial charge is 0.163 e. The molecule has 2 aliphatic rings. The van der Waals surface area contributed by atoms with E-state index in [-0.39, 0.29) is 12.2 Å². The Morgan fingerprint density at radius 1 is 1.46 bits per heavy atom. The molecule has 13 heavy (non-hydrogen) atoms. The lowest BCUT2D eigenvalue weighted by atomic mass is 10.0. The third kappa shape index (κ3) is 1.70. The number of fused-ring (bicyclic) bond motifs is 1. The van der Waals surface area contributed by atoms with Crippen LogP contribution in [0.3, 0.4) is 0 Å². The number of aliphatic hydroxyl groups excluding tert-OH is 1. The lowest BCUT2D eigenvalue weighted by molar-refractivity contribution is -0.318. The molecule has 0 aromatic rings. The predicted molar refractivity (Wildman–Crippen MR) is 44.9 cm³/mol. The minimum Gasteiger partial charge on any atom is -0.493 e. The Morgan fingerprint density at radius 3 is 3.00 bits per heavy atom. The van der Waals surface area contributed by atoms with Crippen molar-refractivity contribution in [2.45, 2.75) is 37.9 Å². The third-order valence-electron chi connectivity index (χ3n) is 2.25. The van der Waals surface area contributed by atoms with Gasteiger partial charge in [-0.3, -0.25) is 0 Å². The largest absolute Gasteiger partial charge is 0.493 e. The van der Waals surface area contributed by atoms with Crippen LogP contribution in [0.5, 0.6) is 0 Å². The second kappa shape index (κ2) is 2.97. The second-order valence-corrected chi connectivity index (χ2v) is 3.79. The maximum atomic E-state index is 9.59. The molecule has 4 nitrogen and oxygen atoms in total. The SMILES string of the molecule is CC1(C)OCC2OC=CC(O)C2O1. The standard InChI is InChI=1S/C9H14O4/c1-9(2)12-5-7-8(13-9)6(10)3-4-11-7/h3-4,6-8,10H,5H2,1-2H3. The fourth-order valence-corrected chi connectivity index (χ4v) is 1.56. The highest BCUT2D eigenvalue weighted by Gasteiger charge is 2.42. The lowest BCUT2D eigenvalue weighted by Gasteiger charge is -2.43. The molecule has 0 radical (unpaired) electrons. The zero-order chi connectivity index (χ0) is 9.47. The summed E-state index contributed by atoms with van der Waals surface area (Å²) in [5.74, 6) is -0.628. The Labute approximate surface area is 77.1 Å². The van der Waals surface area contributed by atoms with Crippen LogP contribution in [0.1, 0.15) is 13.8 Å². The van der Waals surface area contributed by atoms with E-state index in [1.807, 2.05) is 13.8 Å². The van der Waals surface area contributed by atoms with Gasteiger partial charge in [0, 0.05) is 0 Å². The van der Waals surface area contributed by atoms with E-state index in [1.54, 1.807) is 6.08 Å². The normalized spacial score (nSPS) is 42.2. The minimum absolute atomic E-state index is 0.187. The van der Waals surface area contributed by atoms with E-state index >= 15 is 0 Å². The van der Waals surface area contributed by atoms with Crippen LogP contribution >= 0.6 is 0 Å². The lowest BCUT2D eigenvalue weighted by Crippen LogP contribution is -2.54. The molecule has 0 bridgehead atoms. The fourth-order valence-electron chi connectivity index (χ4n) is 1.56. The third-order valence-corrected chi connectivity index (χ3v) is 2.25. The van der Waals surface area contributed by atoms with Crippen LogP contribution in [0.2, 0.25) is 0 Å². The van der Waals surface area contributed by atoms with Gasteiger partial charge < -0.3 is 19.3 Å². The van der Waals surface area contributed by atoms with Crippen molar-refractivity contribution in [2.75, 3.05) is 6.61 Å². The number of ether oxygens (including phenoxy) is 3. The van der Waals surface area contributed by atoms with E-state index in [0.717, 1.165) is 0 Å². The molecule has 3 unspecified atom stereocenters. The molecule has 4 heteroatoms. The van der Waals surface area contributed by atoms with E-state index in [0.29, 0.717) is 6.61 Å². The molecule has 1 N–H and O–H groups in total. The van der Waals surface area contributed by atoms with Crippen molar-refractivity contribution < 1.29 is 19.3 Å². The summed E-state index contributed by atoms with van der Waals surface area (Å²) in [6, 6.07) is 0. The Bertz CT molecular complexity index is 224. The predicted octanol–water partition coefficient (Wildman–Crippen LogP) is 0.411. The Hall–Kier alpha value is -0.580. The summed E-state index contributed by atoms with van der Waals surface area (Å²) < 4.78 is 16.2. The van der Waals surface area contributed by atoms with Gasteiger partial charge in [0.1, 0.15) is 12.2 Å². The molecule has 2 heterocycles. The second-order valence-electron chi connectivity index (χ2n) is 3.79. The van der Waals surface area contributed by atoms with Gasteiger partial charge in [-0.1, -0.05) is 0 Å². The number of hydrogen-bond acceptors (Lipinski definition) is 4. The summed E-state index contributed by atoms with van der Waals surface area (Å²) in [5, 5.41) is 9.59. The Kier molecular flexibility index (Phi) is 2.06. The van der Waals surface area contributed by atoms with Gasteiger partial charge in [-0.2, -0.15) is 0 Å². The van der Waals surface area contributed by atoms with Gasteiger partial charge in [-0.15, -0.1) is 0 Å². The molecule has 2 aliphatic heterocycles. The van der Waals surface area contributed by atoms with Crippen LogP contribution in [0.25, 0.3) is 0 Å². The van der Waals surface area contributed by atoms with Gasteiger partial charge >= 0.3 is 0 Å². The molecule has 0 aromatic heterocycles. The summed E-state index contributed by atoms with van der Waals surface area (Å²) in [6.07, 6.45) is 1.99. The van der Waals surface area contributed by atoms with Crippen molar-refractivity contribution in [1.82, 2.24) is 0 Å². The highest BCUT2D eigenvalue weighted by molar-refractivity contribution is 4.99. The molecule has 2 rings (SSSR count). The van der Waals surface area contributed by atoms with Gasteiger partial charge in [0.05, 0.1) is 12.9 Å². The Balaban J connectivity index is 2.12. The van der Waals surface area contributed by atoms with Crippen LogP contribution in [0.15, 0.2) is 12.3 Å². The van der Waals surface area contributed by atoms with Crippen molar-refractivity contribution in [3.63, 3.8) is 0 Å². The molecule has 0 saturated carbocycles. The van der Waals surface area contributed by atoms with E-state index in [4.69, 9.17) is 14.2 Å². The molecule has 3 atom stereocenters. The molecule has 74 valence electrons. The van der Waals surface area contributed by atoms with Gasteiger partial charge in [0.15, 0.2) is 11.9 Å². The number of aliphatic hydroxyl groups is 1. The van der Waals surface area contributed by atoms with E-state index in [2.05, 4.69) is 0 Å². The molecule has 0 amide bonds. The van der Waals surface area contributed by atoms with Crippen molar-refractivity contribution >= 4 is 0 Å². The average Bonchev–Trinajstić information content (AvgIpc) is 2.06. The van der Waals surface area contributed by atoms with Gasteiger partial charge in [0.25, 0.3) is 0 Å². The molecule has 1 saturated heterocycles. The fraction of sp³-hybridized carbons (Fsp3) is 0.778. The maximum Gasteiger partial charge on any atom is 0.163 e. The van der Waals surface area contributed by atoms with Crippen molar-refractivity contribution in [3.8, 4) is 0 Å². The topological polar surface area (TPSA) is 47.9 Å². The first kappa shape index (κ1) is 8.99. The van der Waals surface area contributed by atoms with Crippen molar-refractivity contribution in [3.05, 3.63) is 12.3 Å². The van der Waals surface area contributed by atoms with Crippen LogP contribution in [-0.2, 0) is 14.2 Å². The summed E-state index contributed by atoms with van der Waals surface area (Å²) in [5.41, 5.74) is 0. The van der Waals surface area contributed by atoms with Gasteiger partial charge in [-0.05, 0) is 19.9 Å². The van der Waals surface area contributed by atoms with Crippen molar-refractivity contribution in [1.29, 1.82) is 0 Å². The summed E-state index contributed by atoms with van der Waals surface area (Å²) in [6.45, 7) is 4.11. The highest BCUT2D eigenvalue weighted by Crippen LogP contribution is 2.28. The molecule has 0 spiro atoms. The maximum absolute atomic E-state index is 9.59. The van der Waals surface area contributed by atoms with E-state index in [9.17, 15) is 5.11 Å². The molecule has 0 aliphatic carbocycles. The first-order valence-electron chi connectivity index (χ1n) is 4.40. The van der Waals surface area contributed by atoms with Gasteiger partial charge in [-0.25, -0.2) is 0 Å². The highest BCUT2D eigenvalue weighted by atomic mass is 16.7. The monoisotopic (exact) mass is 186 g/mol. The number of hydrogen-bond donors (Lipinski definition) is 1. The van der Waals surface area contributed by atoms with Crippen LogP contribution in [-0.4, -0.2) is 35.8 Å². The van der Waals surface area contributed by atoms with Crippen LogP contribution in [0, 0.1) is 0 Å². The van der Waals surface area contributed by atoms with Gasteiger partial charge in [0.2, 0.25) is 0 Å². The van der Waals surface area contributed by atoms with E-state index in [1.165, 1.54) is 6.26 Å².